The Morgan fingerprint density at radius 3 is 2.94 bits per heavy atom. The Kier molecular flexibility index (Phi) is 5.68. The Balaban J connectivity index is 2.62. The van der Waals surface area contributed by atoms with E-state index in [1.54, 1.807) is 24.3 Å². The van der Waals surface area contributed by atoms with Crippen LogP contribution in [0.5, 0.6) is 5.75 Å². The van der Waals surface area contributed by atoms with Crippen molar-refractivity contribution in [2.24, 2.45) is 0 Å². The van der Waals surface area contributed by atoms with E-state index < -0.39 is 6.10 Å². The van der Waals surface area contributed by atoms with Gasteiger partial charge in [-0.05, 0) is 12.5 Å². The lowest BCUT2D eigenvalue weighted by Crippen LogP contribution is -2.29. The number of aliphatic hydroxyl groups is 1. The van der Waals surface area contributed by atoms with Crippen molar-refractivity contribution in [2.45, 2.75) is 19.4 Å². The summed E-state index contributed by atoms with van der Waals surface area (Å²) in [6.45, 7) is 1.65. The molecular formula is C13H16N2O3. The van der Waals surface area contributed by atoms with Gasteiger partial charge in [0.25, 0.3) is 5.91 Å². The standard InChI is InChI=1S/C13H16N2O3/c1-2-11(16)10-5-3-4-6-12(10)18-9-13(17)15-8-7-14/h3-6,11,16H,2,8-9H2,1H3,(H,15,17)/t11-/m0/s1. The number of carbonyl (C=O) groups excluding carboxylic acids is 1. The predicted octanol–water partition coefficient (Wildman–Crippen LogP) is 1.15. The molecule has 5 heteroatoms. The molecule has 1 atom stereocenters. The Hall–Kier alpha value is -2.06. The van der Waals surface area contributed by atoms with Crippen molar-refractivity contribution in [3.63, 3.8) is 0 Å². The molecule has 96 valence electrons. The molecule has 0 spiro atoms. The number of ether oxygens (including phenoxy) is 1. The molecule has 1 amide bonds. The number of nitriles is 1. The number of amides is 1. The van der Waals surface area contributed by atoms with Crippen LogP contribution in [0.4, 0.5) is 0 Å². The number of aliphatic hydroxyl groups excluding tert-OH is 1. The lowest BCUT2D eigenvalue weighted by atomic mass is 10.1. The van der Waals surface area contributed by atoms with Crippen LogP contribution in [0, 0.1) is 11.3 Å². The third-order valence-corrected chi connectivity index (χ3v) is 2.39. The maximum atomic E-state index is 11.3. The van der Waals surface area contributed by atoms with Gasteiger partial charge in [0.2, 0.25) is 0 Å². The van der Waals surface area contributed by atoms with Crippen LogP contribution in [-0.2, 0) is 4.79 Å². The Morgan fingerprint density at radius 2 is 2.28 bits per heavy atom. The average Bonchev–Trinajstić information content (AvgIpc) is 2.42. The smallest absolute Gasteiger partial charge is 0.258 e. The molecule has 0 aliphatic rings. The first-order valence-electron chi connectivity index (χ1n) is 5.72. The summed E-state index contributed by atoms with van der Waals surface area (Å²) >= 11 is 0. The van der Waals surface area contributed by atoms with Crippen molar-refractivity contribution in [2.75, 3.05) is 13.2 Å². The zero-order valence-corrected chi connectivity index (χ0v) is 10.2. The molecule has 0 radical (unpaired) electrons. The van der Waals surface area contributed by atoms with E-state index in [4.69, 9.17) is 10.00 Å². The number of nitrogens with zero attached hydrogens (tertiary/aromatic N) is 1. The highest BCUT2D eigenvalue weighted by molar-refractivity contribution is 5.77. The molecule has 1 rings (SSSR count). The van der Waals surface area contributed by atoms with Crippen LogP contribution in [0.2, 0.25) is 0 Å². The molecule has 0 saturated heterocycles. The summed E-state index contributed by atoms with van der Waals surface area (Å²) in [5.74, 6) is 0.122. The van der Waals surface area contributed by atoms with Gasteiger partial charge in [0.05, 0.1) is 12.2 Å². The van der Waals surface area contributed by atoms with E-state index >= 15 is 0 Å². The normalized spacial score (nSPS) is 11.4. The molecule has 0 unspecified atom stereocenters. The topological polar surface area (TPSA) is 82.3 Å². The zero-order chi connectivity index (χ0) is 13.4. The maximum absolute atomic E-state index is 11.3. The van der Waals surface area contributed by atoms with Gasteiger partial charge in [0.15, 0.2) is 6.61 Å². The average molecular weight is 248 g/mol. The lowest BCUT2D eigenvalue weighted by Gasteiger charge is -2.14. The van der Waals surface area contributed by atoms with E-state index in [1.807, 2.05) is 13.0 Å². The Labute approximate surface area is 106 Å². The lowest BCUT2D eigenvalue weighted by molar-refractivity contribution is -0.122. The molecule has 0 heterocycles. The Bertz CT molecular complexity index is 440. The fourth-order valence-electron chi connectivity index (χ4n) is 1.44. The van der Waals surface area contributed by atoms with Crippen LogP contribution in [-0.4, -0.2) is 24.2 Å². The van der Waals surface area contributed by atoms with Crippen molar-refractivity contribution < 1.29 is 14.6 Å². The van der Waals surface area contributed by atoms with Gasteiger partial charge in [-0.15, -0.1) is 0 Å². The molecule has 1 aromatic carbocycles. The summed E-state index contributed by atoms with van der Waals surface area (Å²) in [5, 5.41) is 20.5. The fourth-order valence-corrected chi connectivity index (χ4v) is 1.44. The Morgan fingerprint density at radius 1 is 1.56 bits per heavy atom. The largest absolute Gasteiger partial charge is 0.483 e. The van der Waals surface area contributed by atoms with Crippen molar-refractivity contribution in [1.82, 2.24) is 5.32 Å². The molecular weight excluding hydrogens is 232 g/mol. The van der Waals surface area contributed by atoms with E-state index in [0.29, 0.717) is 17.7 Å². The first kappa shape index (κ1) is 14.0. The van der Waals surface area contributed by atoms with Gasteiger partial charge < -0.3 is 15.2 Å². The van der Waals surface area contributed by atoms with Gasteiger partial charge in [0, 0.05) is 5.56 Å². The zero-order valence-electron chi connectivity index (χ0n) is 10.2. The van der Waals surface area contributed by atoms with Gasteiger partial charge in [-0.2, -0.15) is 5.26 Å². The first-order chi connectivity index (χ1) is 8.69. The highest BCUT2D eigenvalue weighted by Gasteiger charge is 2.12. The van der Waals surface area contributed by atoms with Crippen LogP contribution in [0.25, 0.3) is 0 Å². The van der Waals surface area contributed by atoms with E-state index in [-0.39, 0.29) is 19.1 Å². The number of rotatable bonds is 6. The third kappa shape index (κ3) is 4.07. The van der Waals surface area contributed by atoms with Crippen LogP contribution in [0.1, 0.15) is 25.0 Å². The quantitative estimate of drug-likeness (QED) is 0.740. The highest BCUT2D eigenvalue weighted by atomic mass is 16.5. The van der Waals surface area contributed by atoms with Crippen LogP contribution in [0.15, 0.2) is 24.3 Å². The number of carbonyl (C=O) groups is 1. The molecule has 18 heavy (non-hydrogen) atoms. The number of hydrogen-bond acceptors (Lipinski definition) is 4. The maximum Gasteiger partial charge on any atom is 0.258 e. The molecule has 0 aromatic heterocycles. The van der Waals surface area contributed by atoms with Gasteiger partial charge in [-0.1, -0.05) is 25.1 Å². The minimum atomic E-state index is -0.608. The third-order valence-electron chi connectivity index (χ3n) is 2.39. The van der Waals surface area contributed by atoms with Gasteiger partial charge >= 0.3 is 0 Å². The second-order valence-electron chi connectivity index (χ2n) is 3.69. The molecule has 0 saturated carbocycles. The van der Waals surface area contributed by atoms with Crippen LogP contribution >= 0.6 is 0 Å². The summed E-state index contributed by atoms with van der Waals surface area (Å²) in [6, 6.07) is 8.84. The minimum Gasteiger partial charge on any atom is -0.483 e. The van der Waals surface area contributed by atoms with E-state index in [0.717, 1.165) is 0 Å². The first-order valence-corrected chi connectivity index (χ1v) is 5.72. The van der Waals surface area contributed by atoms with Crippen molar-refractivity contribution in [3.8, 4) is 11.8 Å². The molecule has 0 fully saturated rings. The number of nitrogens with one attached hydrogen (secondary N) is 1. The van der Waals surface area contributed by atoms with Crippen molar-refractivity contribution in [3.05, 3.63) is 29.8 Å². The van der Waals surface area contributed by atoms with E-state index in [2.05, 4.69) is 5.32 Å². The second-order valence-corrected chi connectivity index (χ2v) is 3.69. The molecule has 0 bridgehead atoms. The number of hydrogen-bond donors (Lipinski definition) is 2. The summed E-state index contributed by atoms with van der Waals surface area (Å²) < 4.78 is 5.34. The monoisotopic (exact) mass is 248 g/mol. The van der Waals surface area contributed by atoms with Gasteiger partial charge in [-0.3, -0.25) is 4.79 Å². The molecule has 1 aromatic rings. The SMILES string of the molecule is CC[C@H](O)c1ccccc1OCC(=O)NCC#N. The second kappa shape index (κ2) is 7.30. The predicted molar refractivity (Wildman–Crippen MR) is 65.8 cm³/mol. The van der Waals surface area contributed by atoms with Crippen molar-refractivity contribution >= 4 is 5.91 Å². The van der Waals surface area contributed by atoms with Crippen molar-refractivity contribution in [1.29, 1.82) is 5.26 Å². The summed E-state index contributed by atoms with van der Waals surface area (Å²) in [5.41, 5.74) is 0.660. The van der Waals surface area contributed by atoms with Gasteiger partial charge in [-0.25, -0.2) is 0 Å². The highest BCUT2D eigenvalue weighted by Crippen LogP contribution is 2.26. The molecule has 5 nitrogen and oxygen atoms in total. The fraction of sp³-hybridized carbons (Fsp3) is 0.385. The molecule has 0 aliphatic heterocycles. The van der Waals surface area contributed by atoms with E-state index in [1.165, 1.54) is 0 Å². The molecule has 2 N–H and O–H groups in total. The number of para-hydroxylation sites is 1. The van der Waals surface area contributed by atoms with Gasteiger partial charge in [0.1, 0.15) is 12.3 Å². The minimum absolute atomic E-state index is 0.0403. The summed E-state index contributed by atoms with van der Waals surface area (Å²) in [6.07, 6.45) is -0.0376. The van der Waals surface area contributed by atoms with E-state index in [9.17, 15) is 9.90 Å². The molecule has 0 aliphatic carbocycles. The van der Waals surface area contributed by atoms with Crippen LogP contribution < -0.4 is 10.1 Å². The van der Waals surface area contributed by atoms with Crippen LogP contribution in [0.3, 0.4) is 0 Å². The summed E-state index contributed by atoms with van der Waals surface area (Å²) in [4.78, 5) is 11.3. The number of benzene rings is 1. The summed E-state index contributed by atoms with van der Waals surface area (Å²) in [7, 11) is 0.